The Morgan fingerprint density at radius 1 is 1.40 bits per heavy atom. The van der Waals surface area contributed by atoms with E-state index in [1.54, 1.807) is 16.9 Å². The van der Waals surface area contributed by atoms with Crippen molar-refractivity contribution in [3.8, 4) is 0 Å². The quantitative estimate of drug-likeness (QED) is 0.804. The van der Waals surface area contributed by atoms with Gasteiger partial charge in [-0.2, -0.15) is 5.10 Å². The zero-order valence-corrected chi connectivity index (χ0v) is 11.7. The van der Waals surface area contributed by atoms with E-state index in [4.69, 9.17) is 5.73 Å². The summed E-state index contributed by atoms with van der Waals surface area (Å²) in [6.45, 7) is 3.92. The smallest absolute Gasteiger partial charge is 0.269 e. The zero-order chi connectivity index (χ0) is 14.7. The molecule has 0 aliphatic heterocycles. The highest BCUT2D eigenvalue weighted by Gasteiger charge is 2.29. The summed E-state index contributed by atoms with van der Waals surface area (Å²) in [4.78, 5) is 23.7. The number of nitrogens with two attached hydrogens (primary N) is 1. The lowest BCUT2D eigenvalue weighted by Gasteiger charge is -2.27. The fourth-order valence-corrected chi connectivity index (χ4v) is 2.44. The Morgan fingerprint density at radius 2 is 2.10 bits per heavy atom. The van der Waals surface area contributed by atoms with Gasteiger partial charge in [-0.1, -0.05) is 12.2 Å². The summed E-state index contributed by atoms with van der Waals surface area (Å²) in [5.74, 6) is -0.945. The van der Waals surface area contributed by atoms with Crippen molar-refractivity contribution in [2.24, 2.45) is 11.7 Å². The Hall–Kier alpha value is -2.11. The zero-order valence-electron chi connectivity index (χ0n) is 11.7. The van der Waals surface area contributed by atoms with Gasteiger partial charge in [-0.05, 0) is 32.8 Å². The Labute approximate surface area is 118 Å². The molecule has 1 aliphatic carbocycles. The molecule has 0 radical (unpaired) electrons. The van der Waals surface area contributed by atoms with Crippen LogP contribution in [0.15, 0.2) is 24.4 Å². The molecule has 108 valence electrons. The lowest BCUT2D eigenvalue weighted by atomic mass is 9.88. The first-order valence-corrected chi connectivity index (χ1v) is 6.79. The lowest BCUT2D eigenvalue weighted by molar-refractivity contribution is -0.122. The second-order valence-electron chi connectivity index (χ2n) is 5.29. The normalized spacial score (nSPS) is 21.9. The molecule has 1 heterocycles. The predicted molar refractivity (Wildman–Crippen MR) is 74.9 cm³/mol. The fraction of sp³-hybridized carbons (Fsp3) is 0.500. The molecule has 0 fully saturated rings. The first-order chi connectivity index (χ1) is 9.50. The van der Waals surface area contributed by atoms with Crippen molar-refractivity contribution in [1.82, 2.24) is 15.1 Å². The summed E-state index contributed by atoms with van der Waals surface area (Å²) in [5.41, 5.74) is 5.89. The molecule has 2 amide bonds. The van der Waals surface area contributed by atoms with Gasteiger partial charge in [0.25, 0.3) is 5.91 Å². The third-order valence-electron chi connectivity index (χ3n) is 3.51. The molecule has 2 rings (SSSR count). The highest BCUT2D eigenvalue weighted by molar-refractivity contribution is 5.93. The van der Waals surface area contributed by atoms with E-state index in [0.29, 0.717) is 18.5 Å². The minimum absolute atomic E-state index is 0.101. The number of allylic oxidation sites excluding steroid dienone is 1. The second kappa shape index (κ2) is 5.90. The Morgan fingerprint density at radius 3 is 2.75 bits per heavy atom. The number of carbonyl (C=O) groups is 2. The van der Waals surface area contributed by atoms with Crippen LogP contribution in [0.3, 0.4) is 0 Å². The lowest BCUT2D eigenvalue weighted by Crippen LogP contribution is -2.46. The highest BCUT2D eigenvalue weighted by atomic mass is 16.2. The molecule has 0 aromatic carbocycles. The number of amides is 2. The number of hydrogen-bond donors (Lipinski definition) is 2. The molecule has 20 heavy (non-hydrogen) atoms. The monoisotopic (exact) mass is 276 g/mol. The minimum Gasteiger partial charge on any atom is -0.369 e. The van der Waals surface area contributed by atoms with Crippen LogP contribution in [0.1, 0.15) is 43.2 Å². The number of aromatic nitrogens is 2. The summed E-state index contributed by atoms with van der Waals surface area (Å²) in [5, 5.41) is 7.03. The van der Waals surface area contributed by atoms with Crippen LogP contribution < -0.4 is 11.1 Å². The van der Waals surface area contributed by atoms with E-state index < -0.39 is 0 Å². The van der Waals surface area contributed by atoms with Crippen molar-refractivity contribution in [3.63, 3.8) is 0 Å². The van der Waals surface area contributed by atoms with E-state index in [-0.39, 0.29) is 29.8 Å². The van der Waals surface area contributed by atoms with Gasteiger partial charge in [0.15, 0.2) is 0 Å². The van der Waals surface area contributed by atoms with Crippen LogP contribution in [0.4, 0.5) is 0 Å². The van der Waals surface area contributed by atoms with E-state index >= 15 is 0 Å². The third kappa shape index (κ3) is 2.89. The van der Waals surface area contributed by atoms with Crippen molar-refractivity contribution < 1.29 is 9.59 Å². The molecule has 1 aromatic rings. The number of nitrogens with one attached hydrogen (secondary N) is 1. The van der Waals surface area contributed by atoms with Crippen LogP contribution in [0.5, 0.6) is 0 Å². The van der Waals surface area contributed by atoms with Gasteiger partial charge < -0.3 is 11.1 Å². The Balaban J connectivity index is 2.12. The van der Waals surface area contributed by atoms with Gasteiger partial charge in [-0.3, -0.25) is 14.3 Å². The largest absolute Gasteiger partial charge is 0.369 e. The van der Waals surface area contributed by atoms with Gasteiger partial charge >= 0.3 is 0 Å². The maximum atomic E-state index is 12.3. The summed E-state index contributed by atoms with van der Waals surface area (Å²) in [6, 6.07) is 1.53. The van der Waals surface area contributed by atoms with Gasteiger partial charge in [0.1, 0.15) is 5.69 Å². The molecule has 6 heteroatoms. The first-order valence-electron chi connectivity index (χ1n) is 6.79. The maximum Gasteiger partial charge on any atom is 0.269 e. The number of nitrogens with zero attached hydrogens (tertiary/aromatic N) is 2. The van der Waals surface area contributed by atoms with Gasteiger partial charge in [0.05, 0.1) is 5.92 Å². The Bertz CT molecular complexity index is 533. The first kappa shape index (κ1) is 14.3. The summed E-state index contributed by atoms with van der Waals surface area (Å²) < 4.78 is 1.66. The number of carbonyl (C=O) groups excluding carboxylic acids is 2. The molecule has 0 spiro atoms. The molecule has 0 saturated carbocycles. The maximum absolute atomic E-state index is 12.3. The summed E-state index contributed by atoms with van der Waals surface area (Å²) >= 11 is 0. The van der Waals surface area contributed by atoms with Crippen molar-refractivity contribution >= 4 is 11.8 Å². The molecule has 0 saturated heterocycles. The van der Waals surface area contributed by atoms with Crippen LogP contribution >= 0.6 is 0 Å². The molecule has 1 aromatic heterocycles. The molecule has 0 unspecified atom stereocenters. The van der Waals surface area contributed by atoms with E-state index in [9.17, 15) is 9.59 Å². The third-order valence-corrected chi connectivity index (χ3v) is 3.51. The van der Waals surface area contributed by atoms with Gasteiger partial charge in [-0.15, -0.1) is 0 Å². The fourth-order valence-electron chi connectivity index (χ4n) is 2.44. The number of rotatable bonds is 4. The topological polar surface area (TPSA) is 90.0 Å². The minimum atomic E-state index is -0.378. The average Bonchev–Trinajstić information content (AvgIpc) is 2.88. The number of primary amides is 1. The molecule has 3 N–H and O–H groups in total. The van der Waals surface area contributed by atoms with Gasteiger partial charge in [0, 0.05) is 18.3 Å². The average molecular weight is 276 g/mol. The summed E-state index contributed by atoms with van der Waals surface area (Å²) in [7, 11) is 0. The van der Waals surface area contributed by atoms with E-state index in [1.807, 2.05) is 26.0 Å². The predicted octanol–water partition coefficient (Wildman–Crippen LogP) is 1.01. The van der Waals surface area contributed by atoms with Crippen LogP contribution in [0.25, 0.3) is 0 Å². The van der Waals surface area contributed by atoms with Crippen molar-refractivity contribution in [3.05, 3.63) is 30.1 Å². The van der Waals surface area contributed by atoms with Crippen molar-refractivity contribution in [2.75, 3.05) is 0 Å². The molecule has 1 aliphatic rings. The van der Waals surface area contributed by atoms with E-state index in [1.165, 1.54) is 0 Å². The van der Waals surface area contributed by atoms with Crippen LogP contribution in [0, 0.1) is 5.92 Å². The Kier molecular flexibility index (Phi) is 4.22. The van der Waals surface area contributed by atoms with Gasteiger partial charge in [0.2, 0.25) is 5.91 Å². The molecular formula is C14H20N4O2. The standard InChI is InChI=1S/C14H20N4O2/c1-9(2)18-12(7-8-16-18)14(20)17-11-6-4-3-5-10(11)13(15)19/h3-4,7-11H,5-6H2,1-2H3,(H2,15,19)(H,17,20)/t10-,11-/m1/s1. The SMILES string of the molecule is CC(C)n1nccc1C(=O)N[C@@H]1CC=CC[C@H]1C(N)=O. The van der Waals surface area contributed by atoms with Crippen molar-refractivity contribution in [1.29, 1.82) is 0 Å². The number of hydrogen-bond acceptors (Lipinski definition) is 3. The van der Waals surface area contributed by atoms with Crippen LogP contribution in [-0.2, 0) is 4.79 Å². The van der Waals surface area contributed by atoms with Crippen LogP contribution in [0.2, 0.25) is 0 Å². The highest BCUT2D eigenvalue weighted by Crippen LogP contribution is 2.19. The molecule has 6 nitrogen and oxygen atoms in total. The van der Waals surface area contributed by atoms with Crippen molar-refractivity contribution in [2.45, 2.75) is 38.8 Å². The van der Waals surface area contributed by atoms with Gasteiger partial charge in [-0.25, -0.2) is 0 Å². The van der Waals surface area contributed by atoms with Crippen LogP contribution in [-0.4, -0.2) is 27.6 Å². The molecular weight excluding hydrogens is 256 g/mol. The van der Waals surface area contributed by atoms with E-state index in [0.717, 1.165) is 0 Å². The molecule has 0 bridgehead atoms. The second-order valence-corrected chi connectivity index (χ2v) is 5.29. The summed E-state index contributed by atoms with van der Waals surface area (Å²) in [6.07, 6.45) is 6.68. The molecule has 2 atom stereocenters. The van der Waals surface area contributed by atoms with E-state index in [2.05, 4.69) is 10.4 Å².